The molecule has 2 heteroatoms. The molecule has 0 aromatic carbocycles. The molecular weight excluding hydrogens is 126 g/mol. The van der Waals surface area contributed by atoms with Crippen LogP contribution in [0.2, 0.25) is 0 Å². The summed E-state index contributed by atoms with van der Waals surface area (Å²) in [6.07, 6.45) is 3.07. The van der Waals surface area contributed by atoms with E-state index in [9.17, 15) is 0 Å². The largest absolute Gasteiger partial charge is 0.439 e. The molecule has 1 heterocycles. The summed E-state index contributed by atoms with van der Waals surface area (Å²) >= 11 is 0. The molecule has 0 spiro atoms. The minimum atomic E-state index is 0.479. The Morgan fingerprint density at radius 1 is 1.50 bits per heavy atom. The maximum Gasteiger partial charge on any atom is 0.273 e. The second kappa shape index (κ2) is 5.90. The zero-order chi connectivity index (χ0) is 7.82. The summed E-state index contributed by atoms with van der Waals surface area (Å²) in [7, 11) is 0. The summed E-state index contributed by atoms with van der Waals surface area (Å²) in [5, 5.41) is 0. The van der Waals surface area contributed by atoms with E-state index in [1.807, 2.05) is 13.8 Å². The molecular formula is C8H11NO. The zero-order valence-electron chi connectivity index (χ0n) is 6.51. The molecule has 1 aromatic heterocycles. The SMILES string of the molecule is CC.CC#Cc1ncco1. The molecule has 0 saturated carbocycles. The zero-order valence-corrected chi connectivity index (χ0v) is 6.51. The van der Waals surface area contributed by atoms with Gasteiger partial charge in [-0.2, -0.15) is 0 Å². The van der Waals surface area contributed by atoms with E-state index in [2.05, 4.69) is 16.8 Å². The van der Waals surface area contributed by atoms with Crippen molar-refractivity contribution in [3.8, 4) is 11.8 Å². The number of hydrogen-bond donors (Lipinski definition) is 0. The molecule has 0 amide bonds. The molecule has 10 heavy (non-hydrogen) atoms. The van der Waals surface area contributed by atoms with E-state index in [-0.39, 0.29) is 0 Å². The van der Waals surface area contributed by atoms with Crippen molar-refractivity contribution < 1.29 is 4.42 Å². The number of hydrogen-bond acceptors (Lipinski definition) is 2. The van der Waals surface area contributed by atoms with E-state index in [0.29, 0.717) is 5.89 Å². The molecule has 1 aromatic rings. The molecule has 0 aliphatic rings. The minimum absolute atomic E-state index is 0.479. The molecule has 0 aliphatic carbocycles. The van der Waals surface area contributed by atoms with Crippen LogP contribution < -0.4 is 0 Å². The van der Waals surface area contributed by atoms with E-state index < -0.39 is 0 Å². The van der Waals surface area contributed by atoms with Crippen LogP contribution in [-0.2, 0) is 0 Å². The Balaban J connectivity index is 0.000000371. The van der Waals surface area contributed by atoms with E-state index >= 15 is 0 Å². The summed E-state index contributed by atoms with van der Waals surface area (Å²) < 4.78 is 4.79. The predicted octanol–water partition coefficient (Wildman–Crippen LogP) is 2.07. The highest BCUT2D eigenvalue weighted by Crippen LogP contribution is 1.88. The topological polar surface area (TPSA) is 26.0 Å². The highest BCUT2D eigenvalue weighted by atomic mass is 16.3. The number of oxazole rings is 1. The Morgan fingerprint density at radius 2 is 2.20 bits per heavy atom. The first-order valence-electron chi connectivity index (χ1n) is 3.25. The average Bonchev–Trinajstić information content (AvgIpc) is 2.46. The van der Waals surface area contributed by atoms with Crippen LogP contribution in [0.1, 0.15) is 26.7 Å². The van der Waals surface area contributed by atoms with Gasteiger partial charge in [-0.3, -0.25) is 0 Å². The lowest BCUT2D eigenvalue weighted by atomic mass is 10.6. The Labute approximate surface area is 61.3 Å². The van der Waals surface area contributed by atoms with Gasteiger partial charge in [0.15, 0.2) is 0 Å². The Morgan fingerprint density at radius 3 is 2.60 bits per heavy atom. The highest BCUT2D eigenvalue weighted by molar-refractivity contribution is 5.15. The molecule has 1 rings (SSSR count). The van der Waals surface area contributed by atoms with Gasteiger partial charge in [-0.25, -0.2) is 4.98 Å². The van der Waals surface area contributed by atoms with Crippen LogP contribution in [0.15, 0.2) is 16.9 Å². The van der Waals surface area contributed by atoms with Gasteiger partial charge in [0.25, 0.3) is 5.89 Å². The molecule has 0 saturated heterocycles. The van der Waals surface area contributed by atoms with Crippen LogP contribution in [0.4, 0.5) is 0 Å². The number of nitrogens with zero attached hydrogens (tertiary/aromatic N) is 1. The lowest BCUT2D eigenvalue weighted by molar-refractivity contribution is 0.543. The molecule has 0 unspecified atom stereocenters. The average molecular weight is 137 g/mol. The fraction of sp³-hybridized carbons (Fsp3) is 0.375. The van der Waals surface area contributed by atoms with Crippen LogP contribution in [0.5, 0.6) is 0 Å². The maximum absolute atomic E-state index is 4.79. The molecule has 0 N–H and O–H groups in total. The summed E-state index contributed by atoms with van der Waals surface area (Å²) in [4.78, 5) is 3.77. The maximum atomic E-state index is 4.79. The van der Waals surface area contributed by atoms with Crippen LogP contribution in [-0.4, -0.2) is 4.98 Å². The van der Waals surface area contributed by atoms with Crippen LogP contribution in [0.25, 0.3) is 0 Å². The van der Waals surface area contributed by atoms with Crippen molar-refractivity contribution in [2.75, 3.05) is 0 Å². The van der Waals surface area contributed by atoms with Crippen molar-refractivity contribution in [2.24, 2.45) is 0 Å². The quantitative estimate of drug-likeness (QED) is 0.511. The van der Waals surface area contributed by atoms with Crippen molar-refractivity contribution in [2.45, 2.75) is 20.8 Å². The Hall–Kier alpha value is -1.23. The Bertz CT molecular complexity index is 203. The smallest absolute Gasteiger partial charge is 0.273 e. The standard InChI is InChI=1S/C6H5NO.C2H6/c1-2-3-6-7-4-5-8-6;1-2/h4-5H,1H3;1-2H3. The first-order chi connectivity index (χ1) is 4.93. The van der Waals surface area contributed by atoms with Crippen molar-refractivity contribution in [3.05, 3.63) is 18.4 Å². The lowest BCUT2D eigenvalue weighted by Crippen LogP contribution is -1.66. The Kier molecular flexibility index (Phi) is 5.17. The summed E-state index contributed by atoms with van der Waals surface area (Å²) in [6.45, 7) is 5.74. The predicted molar refractivity (Wildman–Crippen MR) is 40.4 cm³/mol. The van der Waals surface area contributed by atoms with E-state index in [1.165, 1.54) is 6.26 Å². The van der Waals surface area contributed by atoms with Crippen molar-refractivity contribution in [1.29, 1.82) is 0 Å². The van der Waals surface area contributed by atoms with E-state index in [1.54, 1.807) is 13.1 Å². The first-order valence-corrected chi connectivity index (χ1v) is 3.25. The molecule has 0 fully saturated rings. The van der Waals surface area contributed by atoms with Gasteiger partial charge in [-0.1, -0.05) is 19.8 Å². The second-order valence-corrected chi connectivity index (χ2v) is 1.21. The van der Waals surface area contributed by atoms with Gasteiger partial charge >= 0.3 is 0 Å². The fourth-order valence-electron chi connectivity index (χ4n) is 0.392. The molecule has 0 bridgehead atoms. The highest BCUT2D eigenvalue weighted by Gasteiger charge is 1.83. The summed E-state index contributed by atoms with van der Waals surface area (Å²) in [5.41, 5.74) is 0. The van der Waals surface area contributed by atoms with Crippen molar-refractivity contribution in [3.63, 3.8) is 0 Å². The lowest BCUT2D eigenvalue weighted by Gasteiger charge is -1.69. The first kappa shape index (κ1) is 8.77. The van der Waals surface area contributed by atoms with Crippen LogP contribution >= 0.6 is 0 Å². The van der Waals surface area contributed by atoms with Crippen LogP contribution in [0.3, 0.4) is 0 Å². The number of aromatic nitrogens is 1. The van der Waals surface area contributed by atoms with Crippen LogP contribution in [0, 0.1) is 11.8 Å². The van der Waals surface area contributed by atoms with Crippen molar-refractivity contribution in [1.82, 2.24) is 4.98 Å². The summed E-state index contributed by atoms with van der Waals surface area (Å²) in [5.74, 6) is 5.80. The van der Waals surface area contributed by atoms with Gasteiger partial charge in [0.1, 0.15) is 6.26 Å². The van der Waals surface area contributed by atoms with Gasteiger partial charge in [-0.05, 0) is 12.8 Å². The van der Waals surface area contributed by atoms with Gasteiger partial charge in [0, 0.05) is 0 Å². The normalized spacial score (nSPS) is 6.70. The fourth-order valence-corrected chi connectivity index (χ4v) is 0.392. The molecule has 0 radical (unpaired) electrons. The van der Waals surface area contributed by atoms with E-state index in [4.69, 9.17) is 4.42 Å². The van der Waals surface area contributed by atoms with Gasteiger partial charge in [-0.15, -0.1) is 0 Å². The molecule has 0 atom stereocenters. The third-order valence-electron chi connectivity index (χ3n) is 0.664. The molecule has 54 valence electrons. The van der Waals surface area contributed by atoms with Gasteiger partial charge in [0.2, 0.25) is 0 Å². The van der Waals surface area contributed by atoms with Crippen molar-refractivity contribution >= 4 is 0 Å². The third kappa shape index (κ3) is 2.93. The number of rotatable bonds is 0. The summed E-state index contributed by atoms with van der Waals surface area (Å²) in [6, 6.07) is 0. The minimum Gasteiger partial charge on any atom is -0.439 e. The van der Waals surface area contributed by atoms with Gasteiger partial charge in [0.05, 0.1) is 6.20 Å². The van der Waals surface area contributed by atoms with E-state index in [0.717, 1.165) is 0 Å². The third-order valence-corrected chi connectivity index (χ3v) is 0.664. The second-order valence-electron chi connectivity index (χ2n) is 1.21. The molecule has 2 nitrogen and oxygen atoms in total. The van der Waals surface area contributed by atoms with Gasteiger partial charge < -0.3 is 4.42 Å². The monoisotopic (exact) mass is 137 g/mol. The molecule has 0 aliphatic heterocycles.